The summed E-state index contributed by atoms with van der Waals surface area (Å²) in [7, 11) is 0. The standard InChI is InChI=1S/C12H22N4O/c1-4-9-17-11-5-6-14-12(16-11)15-8-7-13-10(2)3/h5-6,10,13H,4,7-9H2,1-3H3,(H,14,15,16). The topological polar surface area (TPSA) is 59.1 Å². The molecule has 0 saturated carbocycles. The van der Waals surface area contributed by atoms with E-state index in [0.29, 0.717) is 24.5 Å². The van der Waals surface area contributed by atoms with Crippen molar-refractivity contribution in [2.45, 2.75) is 33.2 Å². The highest BCUT2D eigenvalue weighted by molar-refractivity contribution is 5.27. The van der Waals surface area contributed by atoms with Gasteiger partial charge in [0.25, 0.3) is 0 Å². The van der Waals surface area contributed by atoms with E-state index in [4.69, 9.17) is 4.74 Å². The number of hydrogen-bond acceptors (Lipinski definition) is 5. The SMILES string of the molecule is CCCOc1ccnc(NCCNC(C)C)n1. The number of hydrogen-bond donors (Lipinski definition) is 2. The molecule has 0 aromatic carbocycles. The Hall–Kier alpha value is -1.36. The highest BCUT2D eigenvalue weighted by atomic mass is 16.5. The number of ether oxygens (including phenoxy) is 1. The summed E-state index contributed by atoms with van der Waals surface area (Å²) in [5.41, 5.74) is 0. The zero-order valence-electron chi connectivity index (χ0n) is 10.9. The molecule has 0 spiro atoms. The minimum atomic E-state index is 0.497. The highest BCUT2D eigenvalue weighted by Crippen LogP contribution is 2.07. The van der Waals surface area contributed by atoms with E-state index >= 15 is 0 Å². The molecule has 1 aromatic heterocycles. The van der Waals surface area contributed by atoms with E-state index in [9.17, 15) is 0 Å². The van der Waals surface area contributed by atoms with Crippen molar-refractivity contribution in [2.24, 2.45) is 0 Å². The number of aromatic nitrogens is 2. The van der Waals surface area contributed by atoms with E-state index in [2.05, 4.69) is 41.4 Å². The molecule has 0 aliphatic carbocycles. The number of rotatable bonds is 8. The van der Waals surface area contributed by atoms with Crippen molar-refractivity contribution < 1.29 is 4.74 Å². The summed E-state index contributed by atoms with van der Waals surface area (Å²) in [4.78, 5) is 8.39. The molecule has 2 N–H and O–H groups in total. The van der Waals surface area contributed by atoms with E-state index in [-0.39, 0.29) is 0 Å². The van der Waals surface area contributed by atoms with Crippen LogP contribution >= 0.6 is 0 Å². The average molecular weight is 238 g/mol. The molecular weight excluding hydrogens is 216 g/mol. The Bertz CT molecular complexity index is 317. The number of nitrogens with one attached hydrogen (secondary N) is 2. The van der Waals surface area contributed by atoms with E-state index in [1.54, 1.807) is 12.3 Å². The smallest absolute Gasteiger partial charge is 0.225 e. The molecule has 0 aliphatic rings. The Labute approximate surface area is 103 Å². The lowest BCUT2D eigenvalue weighted by atomic mass is 10.4. The summed E-state index contributed by atoms with van der Waals surface area (Å²) in [6, 6.07) is 2.27. The Morgan fingerprint density at radius 2 is 2.18 bits per heavy atom. The van der Waals surface area contributed by atoms with Crippen LogP contribution in [0.1, 0.15) is 27.2 Å². The zero-order chi connectivity index (χ0) is 12.5. The van der Waals surface area contributed by atoms with E-state index < -0.39 is 0 Å². The van der Waals surface area contributed by atoms with Gasteiger partial charge in [-0.2, -0.15) is 4.98 Å². The van der Waals surface area contributed by atoms with Gasteiger partial charge in [-0.05, 0) is 6.42 Å². The van der Waals surface area contributed by atoms with Crippen LogP contribution in [-0.4, -0.2) is 35.7 Å². The second-order valence-corrected chi connectivity index (χ2v) is 4.10. The largest absolute Gasteiger partial charge is 0.478 e. The monoisotopic (exact) mass is 238 g/mol. The quantitative estimate of drug-likeness (QED) is 0.675. The van der Waals surface area contributed by atoms with Gasteiger partial charge in [0, 0.05) is 31.4 Å². The maximum atomic E-state index is 5.43. The van der Waals surface area contributed by atoms with Crippen molar-refractivity contribution >= 4 is 5.95 Å². The van der Waals surface area contributed by atoms with Gasteiger partial charge in [0.05, 0.1) is 6.61 Å². The lowest BCUT2D eigenvalue weighted by molar-refractivity contribution is 0.305. The van der Waals surface area contributed by atoms with Crippen LogP contribution in [0.25, 0.3) is 0 Å². The first-order valence-electron chi connectivity index (χ1n) is 6.15. The summed E-state index contributed by atoms with van der Waals surface area (Å²) < 4.78 is 5.43. The second-order valence-electron chi connectivity index (χ2n) is 4.10. The molecule has 5 heteroatoms. The van der Waals surface area contributed by atoms with E-state index in [1.165, 1.54) is 0 Å². The maximum Gasteiger partial charge on any atom is 0.225 e. The van der Waals surface area contributed by atoms with Gasteiger partial charge >= 0.3 is 0 Å². The van der Waals surface area contributed by atoms with Crippen LogP contribution in [0.5, 0.6) is 5.88 Å². The molecule has 5 nitrogen and oxygen atoms in total. The fourth-order valence-corrected chi connectivity index (χ4v) is 1.25. The summed E-state index contributed by atoms with van der Waals surface area (Å²) >= 11 is 0. The molecule has 17 heavy (non-hydrogen) atoms. The molecule has 1 rings (SSSR count). The predicted molar refractivity (Wildman–Crippen MR) is 69.4 cm³/mol. The normalized spacial score (nSPS) is 10.6. The fraction of sp³-hybridized carbons (Fsp3) is 0.667. The Balaban J connectivity index is 2.32. The molecule has 0 saturated heterocycles. The first-order valence-corrected chi connectivity index (χ1v) is 6.15. The van der Waals surface area contributed by atoms with Gasteiger partial charge in [-0.3, -0.25) is 0 Å². The Morgan fingerprint density at radius 3 is 2.88 bits per heavy atom. The van der Waals surface area contributed by atoms with Crippen LogP contribution in [0.3, 0.4) is 0 Å². The van der Waals surface area contributed by atoms with Crippen molar-refractivity contribution in [1.82, 2.24) is 15.3 Å². The summed E-state index contributed by atoms with van der Waals surface area (Å²) in [5, 5.41) is 6.47. The fourth-order valence-electron chi connectivity index (χ4n) is 1.25. The summed E-state index contributed by atoms with van der Waals surface area (Å²) in [6.45, 7) is 8.69. The summed E-state index contributed by atoms with van der Waals surface area (Å²) in [5.74, 6) is 1.24. The molecule has 0 aliphatic heterocycles. The average Bonchev–Trinajstić information content (AvgIpc) is 2.32. The van der Waals surface area contributed by atoms with Crippen LogP contribution in [0.4, 0.5) is 5.95 Å². The van der Waals surface area contributed by atoms with Crippen LogP contribution in [-0.2, 0) is 0 Å². The molecule has 1 heterocycles. The maximum absolute atomic E-state index is 5.43. The third-order valence-corrected chi connectivity index (χ3v) is 2.04. The van der Waals surface area contributed by atoms with Crippen molar-refractivity contribution in [3.05, 3.63) is 12.3 Å². The van der Waals surface area contributed by atoms with Crippen molar-refractivity contribution in [2.75, 3.05) is 25.0 Å². The first-order chi connectivity index (χ1) is 8.22. The first kappa shape index (κ1) is 13.7. The lowest BCUT2D eigenvalue weighted by Crippen LogP contribution is -2.28. The van der Waals surface area contributed by atoms with Crippen molar-refractivity contribution in [3.63, 3.8) is 0 Å². The Morgan fingerprint density at radius 1 is 1.35 bits per heavy atom. The van der Waals surface area contributed by atoms with Crippen molar-refractivity contribution in [3.8, 4) is 5.88 Å². The molecule has 96 valence electrons. The minimum Gasteiger partial charge on any atom is -0.478 e. The van der Waals surface area contributed by atoms with E-state index in [0.717, 1.165) is 19.5 Å². The third kappa shape index (κ3) is 6.06. The molecule has 0 bridgehead atoms. The van der Waals surface area contributed by atoms with Gasteiger partial charge in [-0.1, -0.05) is 20.8 Å². The Kier molecular flexibility index (Phi) is 6.32. The van der Waals surface area contributed by atoms with Gasteiger partial charge in [-0.25, -0.2) is 4.98 Å². The molecular formula is C12H22N4O. The molecule has 0 radical (unpaired) electrons. The predicted octanol–water partition coefficient (Wildman–Crippen LogP) is 1.68. The van der Waals surface area contributed by atoms with E-state index in [1.807, 2.05) is 0 Å². The molecule has 0 fully saturated rings. The van der Waals surface area contributed by atoms with Gasteiger partial charge in [0.15, 0.2) is 0 Å². The number of nitrogens with zero attached hydrogens (tertiary/aromatic N) is 2. The lowest BCUT2D eigenvalue weighted by Gasteiger charge is -2.09. The number of anilines is 1. The van der Waals surface area contributed by atoms with Crippen LogP contribution < -0.4 is 15.4 Å². The molecule has 0 amide bonds. The van der Waals surface area contributed by atoms with Gasteiger partial charge in [0.1, 0.15) is 0 Å². The zero-order valence-corrected chi connectivity index (χ0v) is 10.9. The van der Waals surface area contributed by atoms with Gasteiger partial charge in [-0.15, -0.1) is 0 Å². The van der Waals surface area contributed by atoms with Crippen LogP contribution in [0.15, 0.2) is 12.3 Å². The van der Waals surface area contributed by atoms with Crippen molar-refractivity contribution in [1.29, 1.82) is 0 Å². The minimum absolute atomic E-state index is 0.497. The second kappa shape index (κ2) is 7.84. The molecule has 0 atom stereocenters. The third-order valence-electron chi connectivity index (χ3n) is 2.04. The van der Waals surface area contributed by atoms with Crippen LogP contribution in [0.2, 0.25) is 0 Å². The molecule has 1 aromatic rings. The highest BCUT2D eigenvalue weighted by Gasteiger charge is 1.99. The van der Waals surface area contributed by atoms with Gasteiger partial charge < -0.3 is 15.4 Å². The molecule has 0 unspecified atom stereocenters. The van der Waals surface area contributed by atoms with Gasteiger partial charge in [0.2, 0.25) is 11.8 Å². The van der Waals surface area contributed by atoms with Crippen LogP contribution in [0, 0.1) is 0 Å². The summed E-state index contributed by atoms with van der Waals surface area (Å²) in [6.07, 6.45) is 2.68.